The average molecular weight is 732 g/mol. The number of amides is 1. The Morgan fingerprint density at radius 3 is 2.26 bits per heavy atom. The smallest absolute Gasteiger partial charge is 0.309 e. The summed E-state index contributed by atoms with van der Waals surface area (Å²) in [5, 5.41) is 12.8. The van der Waals surface area contributed by atoms with E-state index in [0.717, 1.165) is 63.4 Å². The van der Waals surface area contributed by atoms with Crippen molar-refractivity contribution in [3.63, 3.8) is 0 Å². The Morgan fingerprint density at radius 1 is 0.925 bits per heavy atom. The van der Waals surface area contributed by atoms with Gasteiger partial charge in [0.05, 0.1) is 11.8 Å². The number of esters is 1. The van der Waals surface area contributed by atoms with Crippen molar-refractivity contribution in [3.8, 4) is 0 Å². The highest BCUT2D eigenvalue weighted by Gasteiger charge is 2.70. The number of hydrogen-bond donors (Lipinski definition) is 2. The molecule has 0 saturated heterocycles. The number of aliphatic carboxylic acids is 1. The summed E-state index contributed by atoms with van der Waals surface area (Å²) in [6.07, 6.45) is 13.3. The number of nitrogens with one attached hydrogen (secondary N) is 1. The number of carboxylic acid groups (broad SMARTS) is 1. The molecule has 2 N–H and O–H groups in total. The molecule has 5 saturated carbocycles. The first-order chi connectivity index (χ1) is 24.7. The first-order valence-electron chi connectivity index (χ1n) is 20.6. The highest BCUT2D eigenvalue weighted by molar-refractivity contribution is 6.00. The van der Waals surface area contributed by atoms with Gasteiger partial charge in [-0.25, -0.2) is 4.98 Å². The van der Waals surface area contributed by atoms with Gasteiger partial charge in [-0.05, 0) is 115 Å². The summed E-state index contributed by atoms with van der Waals surface area (Å²) in [5.74, 6) is 0.0711. The molecule has 10 atom stereocenters. The lowest BCUT2D eigenvalue weighted by molar-refractivity contribution is -0.236. The van der Waals surface area contributed by atoms with Crippen LogP contribution in [0.5, 0.6) is 0 Å². The van der Waals surface area contributed by atoms with Crippen molar-refractivity contribution in [1.29, 1.82) is 0 Å². The van der Waals surface area contributed by atoms with Crippen LogP contribution in [0.15, 0.2) is 23.5 Å². The fourth-order valence-corrected chi connectivity index (χ4v) is 14.3. The van der Waals surface area contributed by atoms with E-state index in [0.29, 0.717) is 48.7 Å². The van der Waals surface area contributed by atoms with Crippen LogP contribution in [0.4, 0.5) is 0 Å². The molecule has 1 heterocycles. The molecular weight excluding hydrogens is 666 g/mol. The van der Waals surface area contributed by atoms with Crippen LogP contribution >= 0.6 is 0 Å². The van der Waals surface area contributed by atoms with E-state index in [1.165, 1.54) is 5.57 Å². The predicted molar refractivity (Wildman–Crippen MR) is 202 cm³/mol. The van der Waals surface area contributed by atoms with Gasteiger partial charge in [-0.3, -0.25) is 19.2 Å². The number of ketones is 1. The van der Waals surface area contributed by atoms with Gasteiger partial charge in [-0.1, -0.05) is 67.9 Å². The second-order valence-corrected chi connectivity index (χ2v) is 20.6. The van der Waals surface area contributed by atoms with Crippen molar-refractivity contribution in [2.24, 2.45) is 75.0 Å². The van der Waals surface area contributed by atoms with Crippen molar-refractivity contribution in [1.82, 2.24) is 14.9 Å². The number of ether oxygens (including phenoxy) is 1. The molecule has 1 amide bonds. The Hall–Kier alpha value is -2.97. The lowest BCUT2D eigenvalue weighted by Gasteiger charge is -2.72. The van der Waals surface area contributed by atoms with Crippen LogP contribution in [-0.2, 0) is 26.2 Å². The molecule has 0 radical (unpaired) electrons. The quantitative estimate of drug-likeness (QED) is 0.258. The minimum absolute atomic E-state index is 0.0492. The molecule has 0 unspecified atom stereocenters. The van der Waals surface area contributed by atoms with E-state index in [2.05, 4.69) is 58.8 Å². The van der Waals surface area contributed by atoms with E-state index in [1.54, 1.807) is 17.0 Å². The van der Waals surface area contributed by atoms with Crippen LogP contribution in [-0.4, -0.2) is 50.9 Å². The van der Waals surface area contributed by atoms with Gasteiger partial charge in [0.15, 0.2) is 11.6 Å². The summed E-state index contributed by atoms with van der Waals surface area (Å²) in [6.45, 7) is 21.0. The molecule has 5 fully saturated rings. The number of aromatic nitrogens is 2. The first-order valence-corrected chi connectivity index (χ1v) is 20.6. The highest BCUT2D eigenvalue weighted by atomic mass is 16.5. The summed E-state index contributed by atoms with van der Waals surface area (Å²) in [4.78, 5) is 56.6. The third-order valence-corrected chi connectivity index (χ3v) is 17.5. The van der Waals surface area contributed by atoms with Crippen LogP contribution in [0.25, 0.3) is 0 Å². The van der Waals surface area contributed by atoms with Gasteiger partial charge in [0.2, 0.25) is 0 Å². The summed E-state index contributed by atoms with van der Waals surface area (Å²) >= 11 is 0. The molecule has 0 bridgehead atoms. The van der Waals surface area contributed by atoms with Crippen LogP contribution in [0, 0.1) is 68.0 Å². The monoisotopic (exact) mass is 731 g/mol. The third kappa shape index (κ3) is 5.38. The summed E-state index contributed by atoms with van der Waals surface area (Å²) in [7, 11) is 1.83. The zero-order valence-electron chi connectivity index (χ0n) is 34.1. The molecule has 0 aromatic carbocycles. The minimum Gasteiger partial charge on any atom is -0.481 e. The van der Waals surface area contributed by atoms with Crippen molar-refractivity contribution >= 4 is 23.6 Å². The predicted octanol–water partition coefficient (Wildman–Crippen LogP) is 8.18. The number of nitrogens with zero attached hydrogens (tertiary/aromatic N) is 2. The highest BCUT2D eigenvalue weighted by Crippen LogP contribution is 2.77. The Balaban J connectivity index is 1.12. The molecule has 0 spiro atoms. The lowest BCUT2D eigenvalue weighted by Crippen LogP contribution is -2.66. The minimum atomic E-state index is -0.827. The molecule has 6 aliphatic rings. The number of fused-ring (bicyclic) bond motifs is 7. The van der Waals surface area contributed by atoms with Gasteiger partial charge < -0.3 is 19.7 Å². The third-order valence-electron chi connectivity index (χ3n) is 17.5. The van der Waals surface area contributed by atoms with Gasteiger partial charge in [-0.15, -0.1) is 0 Å². The van der Waals surface area contributed by atoms with E-state index in [9.17, 15) is 24.3 Å². The number of carbonyl (C=O) groups is 4. The van der Waals surface area contributed by atoms with Crippen molar-refractivity contribution in [2.45, 2.75) is 139 Å². The zero-order chi connectivity index (χ0) is 38.7. The standard InChI is InChI=1S/C44H65N3O6/c1-25(2)33-29(48)24-44(19-20-46-36(49)35-45-21-22-47(35)10)18-17-42(8)26(34(33)44)11-12-31-41(7)15-14-32(40(5,6)30(41)13-16-43(31,42)9)53-38(52)28-23-27(37(50)51)39(28,3)4/h21-22,25-28,30-32H,11-20,23-24H2,1-10H3,(H,46,49)(H,50,51)/t26-,27+,28-,30+,31-,32+,41+,42-,43-,44-/m1/s1. The number of carbonyl (C=O) groups excluding carboxylic acids is 3. The molecule has 1 aromatic rings. The number of imidazole rings is 1. The molecular formula is C44H65N3O6. The number of aryl methyl sites for hydroxylation is 1. The maximum Gasteiger partial charge on any atom is 0.309 e. The Kier molecular flexibility index (Phi) is 9.05. The lowest BCUT2D eigenvalue weighted by atomic mass is 9.33. The van der Waals surface area contributed by atoms with E-state index in [-0.39, 0.29) is 56.9 Å². The fraction of sp³-hybridized carbons (Fsp3) is 0.795. The Bertz CT molecular complexity index is 1740. The number of allylic oxidation sites excluding steroid dienone is 2. The first kappa shape index (κ1) is 38.3. The van der Waals surface area contributed by atoms with Gasteiger partial charge in [-0.2, -0.15) is 0 Å². The number of Topliss-reactive ketones (excluding diaryl/α,β-unsaturated/α-hetero) is 1. The molecule has 0 aliphatic heterocycles. The summed E-state index contributed by atoms with van der Waals surface area (Å²) in [5.41, 5.74) is 1.75. The summed E-state index contributed by atoms with van der Waals surface area (Å²) < 4.78 is 8.15. The maximum atomic E-state index is 14.0. The van der Waals surface area contributed by atoms with Crippen LogP contribution in [0.2, 0.25) is 0 Å². The second-order valence-electron chi connectivity index (χ2n) is 20.6. The zero-order valence-corrected chi connectivity index (χ0v) is 34.1. The molecule has 292 valence electrons. The average Bonchev–Trinajstić information content (AvgIpc) is 3.62. The largest absolute Gasteiger partial charge is 0.481 e. The van der Waals surface area contributed by atoms with Crippen molar-refractivity contribution < 1.29 is 29.0 Å². The Morgan fingerprint density at radius 2 is 1.64 bits per heavy atom. The van der Waals surface area contributed by atoms with Crippen molar-refractivity contribution in [2.75, 3.05) is 6.54 Å². The van der Waals surface area contributed by atoms with Gasteiger partial charge in [0.1, 0.15) is 6.10 Å². The van der Waals surface area contributed by atoms with Gasteiger partial charge in [0, 0.05) is 43.2 Å². The van der Waals surface area contributed by atoms with Crippen LogP contribution < -0.4 is 5.32 Å². The fourth-order valence-electron chi connectivity index (χ4n) is 14.3. The normalized spacial score (nSPS) is 41.1. The number of hydrogen-bond acceptors (Lipinski definition) is 6. The second kappa shape index (κ2) is 12.5. The van der Waals surface area contributed by atoms with E-state index in [4.69, 9.17) is 4.74 Å². The number of carboxylic acids is 1. The van der Waals surface area contributed by atoms with E-state index >= 15 is 0 Å². The molecule has 53 heavy (non-hydrogen) atoms. The van der Waals surface area contributed by atoms with Crippen LogP contribution in [0.1, 0.15) is 144 Å². The molecule has 1 aromatic heterocycles. The molecule has 9 nitrogen and oxygen atoms in total. The van der Waals surface area contributed by atoms with E-state index < -0.39 is 17.3 Å². The number of rotatable bonds is 8. The summed E-state index contributed by atoms with van der Waals surface area (Å²) in [6, 6.07) is 0. The van der Waals surface area contributed by atoms with Crippen LogP contribution in [0.3, 0.4) is 0 Å². The SMILES string of the molecule is CC(C)C1=C2[C@H]3CC[C@@H]4[C@@]5(C)CC[C@H](OC(=O)[C@H]6C[C@@H](C(=O)O)C6(C)C)C(C)(C)[C@@H]5CC[C@@]4(C)[C@]3(C)CC[C@@]2(CCNC(=O)c2nccn2C)CC1=O. The maximum absolute atomic E-state index is 14.0. The van der Waals surface area contributed by atoms with Crippen molar-refractivity contribution in [3.05, 3.63) is 29.4 Å². The molecule has 7 rings (SSSR count). The topological polar surface area (TPSA) is 128 Å². The van der Waals surface area contributed by atoms with Gasteiger partial charge in [0.25, 0.3) is 5.91 Å². The van der Waals surface area contributed by atoms with E-state index in [1.807, 2.05) is 20.9 Å². The van der Waals surface area contributed by atoms with Gasteiger partial charge >= 0.3 is 11.9 Å². The molecule has 6 aliphatic carbocycles. The Labute approximate surface area is 316 Å². The molecule has 9 heteroatoms.